The van der Waals surface area contributed by atoms with Crippen LogP contribution in [0.15, 0.2) is 77.8 Å². The fourth-order valence-corrected chi connectivity index (χ4v) is 4.69. The molecule has 0 saturated carbocycles. The molecule has 178 valence electrons. The zero-order chi connectivity index (χ0) is 24.2. The van der Waals surface area contributed by atoms with Gasteiger partial charge in [0.25, 0.3) is 5.91 Å². The average Bonchev–Trinajstić information content (AvgIpc) is 3.50. The standard InChI is InChI=1S/C29H30N4O2/c1-2-30-28(34)22-12-15-24-25(18-22)32-29(35)26(24)27(21-8-4-3-5-9-21)31-23-13-10-20(11-14-23)19-33-16-6-7-17-33/h3-5,8-15,18,32,35H,2,6-7,16-17,19H2,1H3,(H,30,34). The summed E-state index contributed by atoms with van der Waals surface area (Å²) < 4.78 is 0. The third-order valence-corrected chi connectivity index (χ3v) is 6.44. The second kappa shape index (κ2) is 10.2. The Labute approximate surface area is 205 Å². The first-order chi connectivity index (χ1) is 17.1. The Bertz CT molecular complexity index is 1350. The maximum atomic E-state index is 12.3. The molecule has 0 aliphatic carbocycles. The summed E-state index contributed by atoms with van der Waals surface area (Å²) in [5.41, 5.74) is 5.52. The molecular weight excluding hydrogens is 436 g/mol. The van der Waals surface area contributed by atoms with Gasteiger partial charge >= 0.3 is 0 Å². The third-order valence-electron chi connectivity index (χ3n) is 6.44. The maximum absolute atomic E-state index is 12.3. The van der Waals surface area contributed by atoms with Gasteiger partial charge in [-0.15, -0.1) is 0 Å². The summed E-state index contributed by atoms with van der Waals surface area (Å²) in [6.07, 6.45) is 2.56. The first kappa shape index (κ1) is 22.9. The van der Waals surface area contributed by atoms with Crippen LogP contribution in [0, 0.1) is 0 Å². The van der Waals surface area contributed by atoms with Crippen molar-refractivity contribution in [2.45, 2.75) is 26.3 Å². The number of aromatic nitrogens is 1. The summed E-state index contributed by atoms with van der Waals surface area (Å²) in [4.78, 5) is 22.8. The van der Waals surface area contributed by atoms with Gasteiger partial charge in [-0.2, -0.15) is 0 Å². The van der Waals surface area contributed by atoms with E-state index in [1.807, 2.05) is 55.5 Å². The predicted molar refractivity (Wildman–Crippen MR) is 141 cm³/mol. The van der Waals surface area contributed by atoms with Crippen molar-refractivity contribution in [1.82, 2.24) is 15.2 Å². The fraction of sp³-hybridized carbons (Fsp3) is 0.241. The van der Waals surface area contributed by atoms with Crippen molar-refractivity contribution in [2.24, 2.45) is 4.99 Å². The summed E-state index contributed by atoms with van der Waals surface area (Å²) in [5, 5.41) is 14.6. The highest BCUT2D eigenvalue weighted by molar-refractivity contribution is 6.22. The number of hydrogen-bond donors (Lipinski definition) is 3. The van der Waals surface area contributed by atoms with Crippen LogP contribution in [-0.2, 0) is 6.54 Å². The third kappa shape index (κ3) is 4.98. The van der Waals surface area contributed by atoms with Gasteiger partial charge in [0, 0.05) is 35.1 Å². The molecule has 1 aliphatic rings. The van der Waals surface area contributed by atoms with Crippen molar-refractivity contribution < 1.29 is 9.90 Å². The van der Waals surface area contributed by atoms with Gasteiger partial charge in [0.2, 0.25) is 0 Å². The van der Waals surface area contributed by atoms with Crippen molar-refractivity contribution in [1.29, 1.82) is 0 Å². The van der Waals surface area contributed by atoms with E-state index >= 15 is 0 Å². The lowest BCUT2D eigenvalue weighted by Crippen LogP contribution is -2.22. The Kier molecular flexibility index (Phi) is 6.64. The molecule has 1 aliphatic heterocycles. The van der Waals surface area contributed by atoms with Crippen LogP contribution in [0.1, 0.15) is 46.8 Å². The van der Waals surface area contributed by atoms with Crippen molar-refractivity contribution in [3.8, 4) is 5.88 Å². The molecular formula is C29H30N4O2. The second-order valence-electron chi connectivity index (χ2n) is 8.94. The zero-order valence-electron chi connectivity index (χ0n) is 19.9. The number of aromatic amines is 1. The minimum absolute atomic E-state index is 0.0290. The maximum Gasteiger partial charge on any atom is 0.251 e. The molecule has 1 saturated heterocycles. The number of amides is 1. The topological polar surface area (TPSA) is 80.7 Å². The monoisotopic (exact) mass is 466 g/mol. The zero-order valence-corrected chi connectivity index (χ0v) is 19.9. The molecule has 4 aromatic rings. The summed E-state index contributed by atoms with van der Waals surface area (Å²) >= 11 is 0. The molecule has 0 radical (unpaired) electrons. The van der Waals surface area contributed by atoms with Gasteiger partial charge in [-0.05, 0) is 62.7 Å². The van der Waals surface area contributed by atoms with Crippen LogP contribution in [0.25, 0.3) is 10.9 Å². The van der Waals surface area contributed by atoms with E-state index in [4.69, 9.17) is 4.99 Å². The normalized spacial score (nSPS) is 14.5. The Morgan fingerprint density at radius 2 is 1.74 bits per heavy atom. The minimum atomic E-state index is -0.143. The van der Waals surface area contributed by atoms with E-state index in [1.54, 1.807) is 12.1 Å². The first-order valence-corrected chi connectivity index (χ1v) is 12.2. The number of H-pyrrole nitrogens is 1. The number of likely N-dealkylation sites (tertiary alicyclic amines) is 1. The van der Waals surface area contributed by atoms with Gasteiger partial charge in [-0.1, -0.05) is 48.5 Å². The number of aromatic hydroxyl groups is 1. The lowest BCUT2D eigenvalue weighted by molar-refractivity contribution is 0.0956. The Morgan fingerprint density at radius 1 is 1.00 bits per heavy atom. The fourth-order valence-electron chi connectivity index (χ4n) is 4.69. The molecule has 2 heterocycles. The van der Waals surface area contributed by atoms with Crippen molar-refractivity contribution >= 4 is 28.2 Å². The molecule has 35 heavy (non-hydrogen) atoms. The van der Waals surface area contributed by atoms with Crippen LogP contribution in [0.2, 0.25) is 0 Å². The van der Waals surface area contributed by atoms with Crippen LogP contribution in [0.3, 0.4) is 0 Å². The van der Waals surface area contributed by atoms with E-state index in [0.29, 0.717) is 28.9 Å². The van der Waals surface area contributed by atoms with E-state index < -0.39 is 0 Å². The number of carbonyl (C=O) groups excluding carboxylic acids is 1. The van der Waals surface area contributed by atoms with Crippen LogP contribution in [-0.4, -0.2) is 46.2 Å². The second-order valence-corrected chi connectivity index (χ2v) is 8.94. The highest BCUT2D eigenvalue weighted by atomic mass is 16.3. The van der Waals surface area contributed by atoms with E-state index in [9.17, 15) is 9.90 Å². The summed E-state index contributed by atoms with van der Waals surface area (Å²) in [6, 6.07) is 23.6. The molecule has 1 aromatic heterocycles. The number of aliphatic imine (C=N–C) groups is 1. The molecule has 6 nitrogen and oxygen atoms in total. The van der Waals surface area contributed by atoms with Crippen LogP contribution >= 0.6 is 0 Å². The number of rotatable bonds is 7. The lowest BCUT2D eigenvalue weighted by atomic mass is 10.00. The molecule has 6 heteroatoms. The molecule has 1 fully saturated rings. The Morgan fingerprint density at radius 3 is 2.46 bits per heavy atom. The number of nitrogens with one attached hydrogen (secondary N) is 2. The summed E-state index contributed by atoms with van der Waals surface area (Å²) in [7, 11) is 0. The minimum Gasteiger partial charge on any atom is -0.494 e. The van der Waals surface area contributed by atoms with Crippen molar-refractivity contribution in [3.63, 3.8) is 0 Å². The lowest BCUT2D eigenvalue weighted by Gasteiger charge is -2.14. The van der Waals surface area contributed by atoms with Crippen LogP contribution in [0.4, 0.5) is 5.69 Å². The highest BCUT2D eigenvalue weighted by Crippen LogP contribution is 2.32. The largest absolute Gasteiger partial charge is 0.494 e. The summed E-state index contributed by atoms with van der Waals surface area (Å²) in [5.74, 6) is -0.114. The predicted octanol–water partition coefficient (Wildman–Crippen LogP) is 5.39. The van der Waals surface area contributed by atoms with E-state index in [2.05, 4.69) is 27.3 Å². The van der Waals surface area contributed by atoms with Gasteiger partial charge in [-0.25, -0.2) is 4.99 Å². The molecule has 3 N–H and O–H groups in total. The van der Waals surface area contributed by atoms with E-state index in [1.165, 1.54) is 31.5 Å². The van der Waals surface area contributed by atoms with Crippen molar-refractivity contribution in [3.05, 3.63) is 95.1 Å². The molecule has 0 unspecified atom stereocenters. The van der Waals surface area contributed by atoms with Gasteiger partial charge in [0.05, 0.1) is 17.0 Å². The van der Waals surface area contributed by atoms with Gasteiger partial charge in [0.15, 0.2) is 5.88 Å². The number of nitrogens with zero attached hydrogens (tertiary/aromatic N) is 2. The molecule has 0 bridgehead atoms. The quantitative estimate of drug-likeness (QED) is 0.320. The SMILES string of the molecule is CCNC(=O)c1ccc2c(C(=Nc3ccc(CN4CCCC4)cc3)c3ccccc3)c(O)[nH]c2c1. The first-order valence-electron chi connectivity index (χ1n) is 12.2. The molecule has 3 aromatic carbocycles. The number of carbonyl (C=O) groups is 1. The van der Waals surface area contributed by atoms with Crippen LogP contribution < -0.4 is 5.32 Å². The van der Waals surface area contributed by atoms with Crippen molar-refractivity contribution in [2.75, 3.05) is 19.6 Å². The number of benzene rings is 3. The highest BCUT2D eigenvalue weighted by Gasteiger charge is 2.20. The van der Waals surface area contributed by atoms with E-state index in [0.717, 1.165) is 23.2 Å². The van der Waals surface area contributed by atoms with Gasteiger partial charge in [0.1, 0.15) is 0 Å². The molecule has 0 atom stereocenters. The van der Waals surface area contributed by atoms with E-state index in [-0.39, 0.29) is 11.8 Å². The number of fused-ring (bicyclic) bond motifs is 1. The van der Waals surface area contributed by atoms with Crippen LogP contribution in [0.5, 0.6) is 5.88 Å². The Balaban J connectivity index is 1.54. The van der Waals surface area contributed by atoms with Gasteiger partial charge < -0.3 is 15.4 Å². The Hall–Kier alpha value is -3.90. The average molecular weight is 467 g/mol. The number of hydrogen-bond acceptors (Lipinski definition) is 4. The molecule has 5 rings (SSSR count). The smallest absolute Gasteiger partial charge is 0.251 e. The molecule has 0 spiro atoms. The molecule has 1 amide bonds. The van der Waals surface area contributed by atoms with Gasteiger partial charge in [-0.3, -0.25) is 9.69 Å². The summed E-state index contributed by atoms with van der Waals surface area (Å²) in [6.45, 7) is 5.74.